The number of aliphatic hydroxyl groups excluding tert-OH is 1. The lowest BCUT2D eigenvalue weighted by molar-refractivity contribution is 0.0716. The van der Waals surface area contributed by atoms with Gasteiger partial charge in [0.05, 0.1) is 23.8 Å². The molecular formula is C30H26ClFN2O5. The van der Waals surface area contributed by atoms with E-state index >= 15 is 0 Å². The average Bonchev–Trinajstić information content (AvgIpc) is 2.97. The monoisotopic (exact) mass is 548 g/mol. The third kappa shape index (κ3) is 7.48. The van der Waals surface area contributed by atoms with Gasteiger partial charge in [-0.25, -0.2) is 9.37 Å². The number of benzene rings is 3. The zero-order valence-electron chi connectivity index (χ0n) is 20.9. The summed E-state index contributed by atoms with van der Waals surface area (Å²) in [5.74, 6) is -1.58. The van der Waals surface area contributed by atoms with Gasteiger partial charge in [0, 0.05) is 18.3 Å². The average molecular weight is 549 g/mol. The third-order valence-electron chi connectivity index (χ3n) is 5.81. The van der Waals surface area contributed by atoms with E-state index < -0.39 is 24.1 Å². The molecule has 2 N–H and O–H groups in total. The minimum absolute atomic E-state index is 0.00661. The molecule has 4 rings (SSSR count). The van der Waals surface area contributed by atoms with Crippen molar-refractivity contribution in [2.75, 3.05) is 6.61 Å². The number of nitrogens with one attached hydrogen (secondary N) is 1. The third-order valence-corrected chi connectivity index (χ3v) is 6.10. The first-order valence-electron chi connectivity index (χ1n) is 12.1. The first kappa shape index (κ1) is 27.9. The second kappa shape index (κ2) is 13.6. The zero-order valence-corrected chi connectivity index (χ0v) is 21.7. The second-order valence-corrected chi connectivity index (χ2v) is 9.00. The summed E-state index contributed by atoms with van der Waals surface area (Å²) in [7, 11) is 0. The van der Waals surface area contributed by atoms with Crippen LogP contribution in [0.1, 0.15) is 43.1 Å². The maximum absolute atomic E-state index is 13.5. The lowest BCUT2D eigenvalue weighted by Gasteiger charge is -2.17. The number of hydrogen-bond acceptors (Lipinski definition) is 6. The lowest BCUT2D eigenvalue weighted by atomic mass is 10.1. The number of ketones is 1. The fourth-order valence-electron chi connectivity index (χ4n) is 3.80. The number of carbonyl (C=O) groups is 2. The molecule has 0 saturated carbocycles. The number of Topliss-reactive ketones (excluding diaryl/α,β-unsaturated/α-hetero) is 1. The van der Waals surface area contributed by atoms with E-state index in [4.69, 9.17) is 21.1 Å². The molecule has 0 unspecified atom stereocenters. The van der Waals surface area contributed by atoms with Gasteiger partial charge in [-0.3, -0.25) is 9.59 Å². The highest BCUT2D eigenvalue weighted by Gasteiger charge is 2.24. The Kier molecular flexibility index (Phi) is 9.74. The van der Waals surface area contributed by atoms with E-state index in [9.17, 15) is 19.1 Å². The predicted octanol–water partition coefficient (Wildman–Crippen LogP) is 5.27. The Hall–Kier alpha value is -4.11. The molecule has 1 aromatic heterocycles. The number of aromatic nitrogens is 1. The van der Waals surface area contributed by atoms with Crippen molar-refractivity contribution in [2.45, 2.75) is 26.4 Å². The van der Waals surface area contributed by atoms with Crippen molar-refractivity contribution in [3.8, 4) is 5.75 Å². The van der Waals surface area contributed by atoms with Gasteiger partial charge >= 0.3 is 0 Å². The van der Waals surface area contributed by atoms with Crippen LogP contribution in [0.4, 0.5) is 4.39 Å². The molecule has 0 aliphatic heterocycles. The van der Waals surface area contributed by atoms with Gasteiger partial charge in [0.1, 0.15) is 19.0 Å². The Morgan fingerprint density at radius 3 is 2.23 bits per heavy atom. The van der Waals surface area contributed by atoms with Crippen molar-refractivity contribution in [1.29, 1.82) is 0 Å². The summed E-state index contributed by atoms with van der Waals surface area (Å²) in [6.07, 6.45) is 1.22. The molecular weight excluding hydrogens is 523 g/mol. The van der Waals surface area contributed by atoms with Crippen LogP contribution in [0.3, 0.4) is 0 Å². The van der Waals surface area contributed by atoms with Gasteiger partial charge in [0.25, 0.3) is 5.91 Å². The van der Waals surface area contributed by atoms with Gasteiger partial charge in [0.15, 0.2) is 11.4 Å². The number of halogens is 2. The van der Waals surface area contributed by atoms with Gasteiger partial charge in [-0.05, 0) is 28.8 Å². The molecule has 0 radical (unpaired) electrons. The number of amides is 1. The van der Waals surface area contributed by atoms with Gasteiger partial charge < -0.3 is 19.9 Å². The molecule has 7 nitrogen and oxygen atoms in total. The van der Waals surface area contributed by atoms with Crippen LogP contribution in [-0.4, -0.2) is 28.4 Å². The Morgan fingerprint density at radius 1 is 0.923 bits per heavy atom. The number of aliphatic hydroxyl groups is 1. The van der Waals surface area contributed by atoms with Gasteiger partial charge in [-0.15, -0.1) is 0 Å². The van der Waals surface area contributed by atoms with Gasteiger partial charge in [-0.1, -0.05) is 78.3 Å². The molecule has 0 spiro atoms. The summed E-state index contributed by atoms with van der Waals surface area (Å²) < 4.78 is 25.0. The maximum Gasteiger partial charge on any atom is 0.253 e. The van der Waals surface area contributed by atoms with Crippen molar-refractivity contribution in [3.05, 3.63) is 129 Å². The number of hydrogen-bond donors (Lipinski definition) is 2. The molecule has 9 heteroatoms. The molecule has 0 fully saturated rings. The van der Waals surface area contributed by atoms with Crippen LogP contribution in [0.25, 0.3) is 0 Å². The maximum atomic E-state index is 13.5. The van der Waals surface area contributed by atoms with Crippen molar-refractivity contribution in [2.24, 2.45) is 0 Å². The fraction of sp³-hybridized carbons (Fsp3) is 0.167. The van der Waals surface area contributed by atoms with Crippen LogP contribution in [0.15, 0.2) is 85.1 Å². The Balaban J connectivity index is 1.56. The van der Waals surface area contributed by atoms with Crippen LogP contribution >= 0.6 is 11.6 Å². The number of carbonyl (C=O) groups excluding carboxylic acids is 2. The van der Waals surface area contributed by atoms with E-state index in [-0.39, 0.29) is 54.0 Å². The van der Waals surface area contributed by atoms with Crippen LogP contribution < -0.4 is 10.1 Å². The zero-order chi connectivity index (χ0) is 27.6. The lowest BCUT2D eigenvalue weighted by Crippen LogP contribution is -2.25. The molecule has 0 atom stereocenters. The second-order valence-electron chi connectivity index (χ2n) is 8.59. The summed E-state index contributed by atoms with van der Waals surface area (Å²) in [6, 6.07) is 22.8. The van der Waals surface area contributed by atoms with Crippen LogP contribution in [0, 0.1) is 5.82 Å². The van der Waals surface area contributed by atoms with E-state index in [2.05, 4.69) is 10.3 Å². The SMILES string of the molecule is O=C(NCc1ccc(F)c(Cl)c1)c1cnc(C(=O)COCc2ccccc2)c(OCc2ccccc2)c1CO. The quantitative estimate of drug-likeness (QED) is 0.234. The van der Waals surface area contributed by atoms with E-state index in [0.717, 1.165) is 11.1 Å². The fourth-order valence-corrected chi connectivity index (χ4v) is 4.00. The molecule has 4 aromatic rings. The Labute approximate surface area is 230 Å². The largest absolute Gasteiger partial charge is 0.486 e. The number of ether oxygens (including phenoxy) is 2. The summed E-state index contributed by atoms with van der Waals surface area (Å²) in [4.78, 5) is 30.4. The smallest absolute Gasteiger partial charge is 0.253 e. The minimum atomic E-state index is -0.580. The molecule has 1 heterocycles. The van der Waals surface area contributed by atoms with Crippen LogP contribution in [-0.2, 0) is 31.1 Å². The standard InChI is InChI=1S/C30H26ClFN2O5/c31-25-13-22(11-12-26(25)32)14-34-30(37)23-15-33-28(27(36)19-38-17-20-7-3-1-4-8-20)29(24(23)16-35)39-18-21-9-5-2-6-10-21/h1-13,15,35H,14,16-19H2,(H,34,37). The van der Waals surface area contributed by atoms with E-state index in [0.29, 0.717) is 5.56 Å². The number of pyridine rings is 1. The first-order valence-corrected chi connectivity index (χ1v) is 12.5. The number of rotatable bonds is 12. The van der Waals surface area contributed by atoms with Crippen LogP contribution in [0.5, 0.6) is 5.75 Å². The van der Waals surface area contributed by atoms with Gasteiger partial charge in [0.2, 0.25) is 5.78 Å². The summed E-state index contributed by atoms with van der Waals surface area (Å²) >= 11 is 5.83. The van der Waals surface area contributed by atoms with Crippen molar-refractivity contribution >= 4 is 23.3 Å². The summed E-state index contributed by atoms with van der Waals surface area (Å²) in [5.41, 5.74) is 2.41. The molecule has 39 heavy (non-hydrogen) atoms. The summed E-state index contributed by atoms with van der Waals surface area (Å²) in [5, 5.41) is 12.9. The van der Waals surface area contributed by atoms with Gasteiger partial charge in [-0.2, -0.15) is 0 Å². The van der Waals surface area contributed by atoms with E-state index in [1.807, 2.05) is 60.7 Å². The van der Waals surface area contributed by atoms with Crippen molar-refractivity contribution in [1.82, 2.24) is 10.3 Å². The molecule has 0 aliphatic rings. The topological polar surface area (TPSA) is 97.8 Å². The van der Waals surface area contributed by atoms with Crippen molar-refractivity contribution < 1.29 is 28.6 Å². The molecule has 0 aliphatic carbocycles. The van der Waals surface area contributed by atoms with Crippen LogP contribution in [0.2, 0.25) is 5.02 Å². The minimum Gasteiger partial charge on any atom is -0.486 e. The Morgan fingerprint density at radius 2 is 1.59 bits per heavy atom. The van der Waals surface area contributed by atoms with Crippen molar-refractivity contribution in [3.63, 3.8) is 0 Å². The highest BCUT2D eigenvalue weighted by atomic mass is 35.5. The predicted molar refractivity (Wildman–Crippen MR) is 144 cm³/mol. The molecule has 3 aromatic carbocycles. The van der Waals surface area contributed by atoms with E-state index in [1.165, 1.54) is 24.4 Å². The highest BCUT2D eigenvalue weighted by molar-refractivity contribution is 6.30. The molecule has 0 bridgehead atoms. The Bertz CT molecular complexity index is 1430. The summed E-state index contributed by atoms with van der Waals surface area (Å²) in [6.45, 7) is -0.487. The van der Waals surface area contributed by atoms with E-state index in [1.54, 1.807) is 0 Å². The first-order chi connectivity index (χ1) is 19.0. The molecule has 1 amide bonds. The number of nitrogens with zero attached hydrogens (tertiary/aromatic N) is 1. The highest BCUT2D eigenvalue weighted by Crippen LogP contribution is 2.28. The normalized spacial score (nSPS) is 10.7. The molecule has 200 valence electrons. The molecule has 0 saturated heterocycles.